The molecule has 54 heavy (non-hydrogen) atoms. The fraction of sp³-hybridized carbons (Fsp3) is 0.700. The zero-order valence-electron chi connectivity index (χ0n) is 31.7. The highest BCUT2D eigenvalue weighted by Crippen LogP contribution is 2.62. The van der Waals surface area contributed by atoms with Crippen LogP contribution in [-0.2, 0) is 19.0 Å². The van der Waals surface area contributed by atoms with E-state index in [1.165, 1.54) is 0 Å². The van der Waals surface area contributed by atoms with Gasteiger partial charge in [-0.15, -0.1) is 18.2 Å². The average molecular weight is 778 g/mol. The van der Waals surface area contributed by atoms with Gasteiger partial charge in [-0.25, -0.2) is 4.79 Å². The molecule has 1 amide bonds. The van der Waals surface area contributed by atoms with Crippen molar-refractivity contribution in [2.24, 2.45) is 22.9 Å². The SMILES string of the molecule is C=CCO[C@@]12Oc3ccc(OCCN4CC4)cc3[C@H]3[C@H](CCCCO)[C@@H](CCCCO)C=C(C(=NOCC)C[C@@H]1N(CCOCCO)C(=O)OCCCl)[C@H]32. The van der Waals surface area contributed by atoms with Crippen LogP contribution in [0.15, 0.2) is 47.7 Å². The largest absolute Gasteiger partial charge is 0.492 e. The van der Waals surface area contributed by atoms with Crippen molar-refractivity contribution in [1.29, 1.82) is 0 Å². The second kappa shape index (κ2) is 21.4. The van der Waals surface area contributed by atoms with Gasteiger partial charge in [0.15, 0.2) is 0 Å². The third-order valence-corrected chi connectivity index (χ3v) is 10.9. The zero-order valence-corrected chi connectivity index (χ0v) is 32.5. The van der Waals surface area contributed by atoms with Crippen molar-refractivity contribution in [2.75, 3.05) is 91.5 Å². The highest BCUT2D eigenvalue weighted by Gasteiger charge is 2.65. The van der Waals surface area contributed by atoms with Crippen LogP contribution >= 0.6 is 11.6 Å². The summed E-state index contributed by atoms with van der Waals surface area (Å²) in [6.45, 7) is 10.4. The van der Waals surface area contributed by atoms with Gasteiger partial charge in [0, 0.05) is 57.3 Å². The summed E-state index contributed by atoms with van der Waals surface area (Å²) in [5, 5.41) is 33.7. The molecule has 6 atom stereocenters. The van der Waals surface area contributed by atoms with E-state index in [4.69, 9.17) is 45.3 Å². The van der Waals surface area contributed by atoms with E-state index in [0.717, 1.165) is 62.2 Å². The molecule has 1 saturated heterocycles. The molecule has 2 heterocycles. The van der Waals surface area contributed by atoms with Crippen molar-refractivity contribution in [3.63, 3.8) is 0 Å². The maximum atomic E-state index is 14.1. The van der Waals surface area contributed by atoms with Gasteiger partial charge in [-0.1, -0.05) is 30.1 Å². The first-order valence-electron chi connectivity index (χ1n) is 19.7. The molecule has 13 nitrogen and oxygen atoms in total. The van der Waals surface area contributed by atoms with Crippen LogP contribution in [0.2, 0.25) is 0 Å². The van der Waals surface area contributed by atoms with E-state index in [9.17, 15) is 20.1 Å². The third kappa shape index (κ3) is 10.3. The smallest absolute Gasteiger partial charge is 0.410 e. The number of aliphatic hydroxyl groups excluding tert-OH is 3. The molecule has 0 unspecified atom stereocenters. The van der Waals surface area contributed by atoms with Crippen LogP contribution in [0.25, 0.3) is 0 Å². The van der Waals surface area contributed by atoms with Crippen LogP contribution in [0.5, 0.6) is 11.5 Å². The molecule has 302 valence electrons. The molecule has 2 aliphatic carbocycles. The van der Waals surface area contributed by atoms with E-state index < -0.39 is 23.8 Å². The first-order chi connectivity index (χ1) is 26.5. The summed E-state index contributed by atoms with van der Waals surface area (Å²) in [6, 6.07) is 5.21. The van der Waals surface area contributed by atoms with Crippen LogP contribution in [0.1, 0.15) is 63.4 Å². The first kappa shape index (κ1) is 42.2. The van der Waals surface area contributed by atoms with Crippen LogP contribution in [-0.4, -0.2) is 140 Å². The molecule has 0 spiro atoms. The molecular weight excluding hydrogens is 718 g/mol. The van der Waals surface area contributed by atoms with Gasteiger partial charge in [-0.05, 0) is 68.2 Å². The fourth-order valence-electron chi connectivity index (χ4n) is 8.38. The van der Waals surface area contributed by atoms with Crippen molar-refractivity contribution in [3.8, 4) is 11.5 Å². The number of rotatable bonds is 25. The minimum absolute atomic E-state index is 0.00536. The summed E-state index contributed by atoms with van der Waals surface area (Å²) < 4.78 is 31.8. The number of nitrogens with zero attached hydrogens (tertiary/aromatic N) is 3. The van der Waals surface area contributed by atoms with Crippen molar-refractivity contribution in [3.05, 3.63) is 48.1 Å². The van der Waals surface area contributed by atoms with Gasteiger partial charge in [0.05, 0.1) is 43.9 Å². The molecule has 0 aromatic heterocycles. The average Bonchev–Trinajstić information content (AvgIpc) is 4.01. The summed E-state index contributed by atoms with van der Waals surface area (Å²) in [5.74, 6) is -0.335. The number of halogens is 1. The molecule has 2 aliphatic heterocycles. The van der Waals surface area contributed by atoms with E-state index >= 15 is 0 Å². The van der Waals surface area contributed by atoms with Crippen LogP contribution in [0, 0.1) is 17.8 Å². The summed E-state index contributed by atoms with van der Waals surface area (Å²) in [5.41, 5.74) is 2.64. The molecule has 14 heteroatoms. The van der Waals surface area contributed by atoms with Gasteiger partial charge in [-0.3, -0.25) is 9.80 Å². The van der Waals surface area contributed by atoms with Crippen molar-refractivity contribution in [1.82, 2.24) is 9.80 Å². The molecule has 0 bridgehead atoms. The number of fused-ring (bicyclic) bond motifs is 2. The Morgan fingerprint density at radius 3 is 2.59 bits per heavy atom. The summed E-state index contributed by atoms with van der Waals surface area (Å²) in [4.78, 5) is 23.8. The number of amides is 1. The lowest BCUT2D eigenvalue weighted by atomic mass is 9.55. The van der Waals surface area contributed by atoms with Gasteiger partial charge in [-0.2, -0.15) is 0 Å². The van der Waals surface area contributed by atoms with Gasteiger partial charge in [0.1, 0.15) is 37.4 Å². The molecule has 3 N–H and O–H groups in total. The Bertz CT molecular complexity index is 1410. The molecular formula is C40H60ClN3O10. The number of ether oxygens (including phenoxy) is 5. The topological polar surface area (TPSA) is 152 Å². The number of aliphatic hydroxyl groups is 3. The normalized spacial score (nSPS) is 26.3. The molecule has 0 radical (unpaired) electrons. The Hall–Kier alpha value is -2.91. The number of hydrogen-bond donors (Lipinski definition) is 3. The zero-order chi connectivity index (χ0) is 38.3. The number of allylic oxidation sites excluding steroid dienone is 1. The van der Waals surface area contributed by atoms with Crippen LogP contribution in [0.3, 0.4) is 0 Å². The Kier molecular flexibility index (Phi) is 16.7. The number of unbranched alkanes of at least 4 members (excludes halogenated alkanes) is 2. The predicted octanol–water partition coefficient (Wildman–Crippen LogP) is 4.72. The van der Waals surface area contributed by atoms with Crippen LogP contribution < -0.4 is 9.47 Å². The lowest BCUT2D eigenvalue weighted by Gasteiger charge is -2.59. The van der Waals surface area contributed by atoms with Gasteiger partial charge in [0.25, 0.3) is 0 Å². The monoisotopic (exact) mass is 777 g/mol. The molecule has 5 rings (SSSR count). The Morgan fingerprint density at radius 2 is 1.89 bits per heavy atom. The van der Waals surface area contributed by atoms with E-state index in [2.05, 4.69) is 23.6 Å². The van der Waals surface area contributed by atoms with Crippen molar-refractivity contribution >= 4 is 23.4 Å². The predicted molar refractivity (Wildman–Crippen MR) is 205 cm³/mol. The molecule has 4 aliphatic rings. The number of carbonyl (C=O) groups is 1. The highest BCUT2D eigenvalue weighted by molar-refractivity contribution is 6.18. The molecule has 1 saturated carbocycles. The Morgan fingerprint density at radius 1 is 1.09 bits per heavy atom. The van der Waals surface area contributed by atoms with Crippen LogP contribution in [0.4, 0.5) is 4.79 Å². The number of alkyl halides is 1. The molecule has 1 aromatic rings. The van der Waals surface area contributed by atoms with E-state index in [1.54, 1.807) is 11.0 Å². The van der Waals surface area contributed by atoms with Gasteiger partial charge < -0.3 is 43.8 Å². The molecule has 2 fully saturated rings. The number of hydrogen-bond acceptors (Lipinski definition) is 12. The number of oxime groups is 1. The van der Waals surface area contributed by atoms with Crippen molar-refractivity contribution in [2.45, 2.75) is 69.6 Å². The standard InChI is InChI=1S/C40H60ClN3O10/c1-3-21-52-40-36(44(17-23-49-25-20-47)39(48)51-22-13-41)28-34(42-53-4-2)32-26-29(9-5-7-18-45)31(10-6-8-19-46)37(38(32)40)33-27-30(11-12-35(33)54-40)50-24-16-43-14-15-43/h3,11-12,26-27,29,31,36-38,45-47H,1,4-10,13-25,28H2,2H3/t29-,31+,36-,37+,38+,40+/m0/s1. The Balaban J connectivity index is 1.71. The van der Waals surface area contributed by atoms with E-state index in [1.807, 2.05) is 19.1 Å². The minimum Gasteiger partial charge on any atom is -0.492 e. The maximum Gasteiger partial charge on any atom is 0.410 e. The lowest BCUT2D eigenvalue weighted by Crippen LogP contribution is -2.70. The number of benzene rings is 1. The fourth-order valence-corrected chi connectivity index (χ4v) is 8.46. The summed E-state index contributed by atoms with van der Waals surface area (Å²) in [7, 11) is 0. The second-order valence-electron chi connectivity index (χ2n) is 14.2. The molecule has 1 aromatic carbocycles. The summed E-state index contributed by atoms with van der Waals surface area (Å²) in [6.07, 6.45) is 8.31. The highest BCUT2D eigenvalue weighted by atomic mass is 35.5. The van der Waals surface area contributed by atoms with Gasteiger partial charge >= 0.3 is 6.09 Å². The van der Waals surface area contributed by atoms with Gasteiger partial charge in [0.2, 0.25) is 5.79 Å². The third-order valence-electron chi connectivity index (χ3n) is 10.8. The van der Waals surface area contributed by atoms with E-state index in [-0.39, 0.29) is 82.8 Å². The maximum absolute atomic E-state index is 14.1. The minimum atomic E-state index is -1.42. The van der Waals surface area contributed by atoms with Crippen molar-refractivity contribution < 1.29 is 48.6 Å². The quantitative estimate of drug-likeness (QED) is 0.0416. The number of carbonyl (C=O) groups excluding carboxylic acids is 1. The first-order valence-corrected chi connectivity index (χ1v) is 20.2. The summed E-state index contributed by atoms with van der Waals surface area (Å²) >= 11 is 5.99. The lowest BCUT2D eigenvalue weighted by molar-refractivity contribution is -0.256. The second-order valence-corrected chi connectivity index (χ2v) is 14.6. The Labute approximate surface area is 324 Å². The van der Waals surface area contributed by atoms with E-state index in [0.29, 0.717) is 37.5 Å².